The number of furan rings is 1. The number of fused-ring (bicyclic) bond motifs is 1. The van der Waals surface area contributed by atoms with Gasteiger partial charge in [-0.3, -0.25) is 4.79 Å². The van der Waals surface area contributed by atoms with Gasteiger partial charge in [0, 0.05) is 12.3 Å². The van der Waals surface area contributed by atoms with Gasteiger partial charge in [-0.25, -0.2) is 4.39 Å². The van der Waals surface area contributed by atoms with E-state index in [-0.39, 0.29) is 11.8 Å². The molecule has 1 aromatic carbocycles. The third-order valence-electron chi connectivity index (χ3n) is 4.72. The highest BCUT2D eigenvalue weighted by atomic mass is 19.1. The van der Waals surface area contributed by atoms with Crippen LogP contribution < -0.4 is 5.32 Å². The number of carbonyl (C=O) groups is 1. The molecule has 3 aromatic rings. The number of hydrogen-bond acceptors (Lipinski definition) is 5. The molecule has 130 valence electrons. The second-order valence-corrected chi connectivity index (χ2v) is 6.54. The molecule has 7 heteroatoms. The maximum atomic E-state index is 13.9. The van der Waals surface area contributed by atoms with Crippen LogP contribution in [-0.4, -0.2) is 16.0 Å². The van der Waals surface area contributed by atoms with Crippen molar-refractivity contribution < 1.29 is 18.1 Å². The molecular formula is C18H18FN3O3. The van der Waals surface area contributed by atoms with Crippen LogP contribution in [-0.2, 0) is 10.3 Å². The molecule has 2 heterocycles. The highest BCUT2D eigenvalue weighted by Gasteiger charge is 2.39. The summed E-state index contributed by atoms with van der Waals surface area (Å²) in [6.45, 7) is 1.48. The summed E-state index contributed by atoms with van der Waals surface area (Å²) in [5.41, 5.74) is 0.280. The van der Waals surface area contributed by atoms with Crippen molar-refractivity contribution >= 4 is 16.9 Å². The van der Waals surface area contributed by atoms with E-state index >= 15 is 0 Å². The fraction of sp³-hybridized carbons (Fsp3) is 0.389. The summed E-state index contributed by atoms with van der Waals surface area (Å²) in [6.07, 6.45) is 6.07. The third-order valence-corrected chi connectivity index (χ3v) is 4.72. The lowest BCUT2D eigenvalue weighted by Gasteiger charge is -2.34. The molecule has 0 saturated heterocycles. The monoisotopic (exact) mass is 343 g/mol. The molecule has 0 bridgehead atoms. The van der Waals surface area contributed by atoms with Crippen LogP contribution >= 0.6 is 0 Å². The lowest BCUT2D eigenvalue weighted by atomic mass is 9.81. The minimum Gasteiger partial charge on any atom is -0.464 e. The number of rotatable bonds is 3. The fourth-order valence-corrected chi connectivity index (χ4v) is 3.63. The SMILES string of the molecule is CC(=O)NC1(c2noc(-c3cc(F)cc4ccoc34)n2)CCCCC1. The lowest BCUT2D eigenvalue weighted by molar-refractivity contribution is -0.121. The van der Waals surface area contributed by atoms with Gasteiger partial charge in [-0.2, -0.15) is 4.98 Å². The number of amides is 1. The Morgan fingerprint density at radius 1 is 1.28 bits per heavy atom. The first-order valence-electron chi connectivity index (χ1n) is 8.37. The van der Waals surface area contributed by atoms with Crippen molar-refractivity contribution in [3.8, 4) is 11.5 Å². The van der Waals surface area contributed by atoms with Crippen molar-refractivity contribution in [2.24, 2.45) is 0 Å². The average Bonchev–Trinajstić information content (AvgIpc) is 3.23. The summed E-state index contributed by atoms with van der Waals surface area (Å²) >= 11 is 0. The van der Waals surface area contributed by atoms with E-state index in [0.717, 1.165) is 32.1 Å². The van der Waals surface area contributed by atoms with E-state index in [1.165, 1.54) is 25.3 Å². The minimum atomic E-state index is -0.624. The predicted octanol–water partition coefficient (Wildman–Crippen LogP) is 3.92. The van der Waals surface area contributed by atoms with Crippen molar-refractivity contribution in [1.82, 2.24) is 15.5 Å². The molecule has 6 nitrogen and oxygen atoms in total. The van der Waals surface area contributed by atoms with Crippen LogP contribution in [0.3, 0.4) is 0 Å². The molecule has 0 radical (unpaired) electrons. The van der Waals surface area contributed by atoms with E-state index in [0.29, 0.717) is 22.4 Å². The first-order chi connectivity index (χ1) is 12.1. The topological polar surface area (TPSA) is 81.2 Å². The molecule has 0 aliphatic heterocycles. The van der Waals surface area contributed by atoms with Crippen molar-refractivity contribution in [3.63, 3.8) is 0 Å². The van der Waals surface area contributed by atoms with E-state index < -0.39 is 11.4 Å². The summed E-state index contributed by atoms with van der Waals surface area (Å²) in [6, 6.07) is 4.38. The zero-order valence-electron chi connectivity index (χ0n) is 13.8. The molecule has 1 aliphatic carbocycles. The number of benzene rings is 1. The van der Waals surface area contributed by atoms with Gasteiger partial charge in [0.15, 0.2) is 5.82 Å². The van der Waals surface area contributed by atoms with Gasteiger partial charge >= 0.3 is 0 Å². The van der Waals surface area contributed by atoms with Gasteiger partial charge in [0.25, 0.3) is 5.89 Å². The van der Waals surface area contributed by atoms with Crippen molar-refractivity contribution in [2.75, 3.05) is 0 Å². The standard InChI is InChI=1S/C18H18FN3O3/c1-11(23)21-18(6-3-2-4-7-18)17-20-16(25-22-17)14-10-13(19)9-12-5-8-24-15(12)14/h5,8-10H,2-4,6-7H2,1H3,(H,21,23). The van der Waals surface area contributed by atoms with Crippen molar-refractivity contribution in [1.29, 1.82) is 0 Å². The summed E-state index contributed by atoms with van der Waals surface area (Å²) in [4.78, 5) is 16.2. The Morgan fingerprint density at radius 2 is 2.08 bits per heavy atom. The first-order valence-corrected chi connectivity index (χ1v) is 8.37. The van der Waals surface area contributed by atoms with Crippen molar-refractivity contribution in [3.05, 3.63) is 36.1 Å². The van der Waals surface area contributed by atoms with Crippen LogP contribution in [0.5, 0.6) is 0 Å². The Morgan fingerprint density at radius 3 is 2.84 bits per heavy atom. The Balaban J connectivity index is 1.78. The van der Waals surface area contributed by atoms with Crippen LogP contribution in [0.15, 0.2) is 33.4 Å². The largest absolute Gasteiger partial charge is 0.464 e. The molecule has 1 N–H and O–H groups in total. The van der Waals surface area contributed by atoms with Gasteiger partial charge in [-0.1, -0.05) is 24.4 Å². The number of hydrogen-bond donors (Lipinski definition) is 1. The molecule has 0 unspecified atom stereocenters. The smallest absolute Gasteiger partial charge is 0.261 e. The molecule has 1 fully saturated rings. The third kappa shape index (κ3) is 2.79. The molecule has 4 rings (SSSR count). The van der Waals surface area contributed by atoms with Gasteiger partial charge in [0.05, 0.1) is 11.8 Å². The fourth-order valence-electron chi connectivity index (χ4n) is 3.63. The molecule has 25 heavy (non-hydrogen) atoms. The van der Waals surface area contributed by atoms with Crippen LogP contribution in [0.2, 0.25) is 0 Å². The predicted molar refractivity (Wildman–Crippen MR) is 88.0 cm³/mol. The maximum Gasteiger partial charge on any atom is 0.261 e. The minimum absolute atomic E-state index is 0.132. The molecule has 1 aliphatic rings. The zero-order chi connectivity index (χ0) is 17.4. The van der Waals surface area contributed by atoms with Gasteiger partial charge in [-0.15, -0.1) is 0 Å². The van der Waals surface area contributed by atoms with Crippen LogP contribution in [0, 0.1) is 5.82 Å². The average molecular weight is 343 g/mol. The number of nitrogens with one attached hydrogen (secondary N) is 1. The summed E-state index contributed by atoms with van der Waals surface area (Å²) in [7, 11) is 0. The Kier molecular flexibility index (Phi) is 3.78. The van der Waals surface area contributed by atoms with Gasteiger partial charge in [-0.05, 0) is 31.0 Å². The van der Waals surface area contributed by atoms with E-state index in [1.807, 2.05) is 0 Å². The van der Waals surface area contributed by atoms with Crippen molar-refractivity contribution in [2.45, 2.75) is 44.6 Å². The second-order valence-electron chi connectivity index (χ2n) is 6.54. The molecule has 1 amide bonds. The zero-order valence-corrected chi connectivity index (χ0v) is 13.8. The summed E-state index contributed by atoms with van der Waals surface area (Å²) in [5, 5.41) is 7.72. The Labute approximate surface area is 143 Å². The molecule has 2 aromatic heterocycles. The van der Waals surface area contributed by atoms with E-state index in [1.54, 1.807) is 6.07 Å². The quantitative estimate of drug-likeness (QED) is 0.779. The van der Waals surface area contributed by atoms with Gasteiger partial charge in [0.2, 0.25) is 5.91 Å². The molecular weight excluding hydrogens is 325 g/mol. The summed E-state index contributed by atoms with van der Waals surface area (Å²) in [5.74, 6) is 0.0800. The van der Waals surface area contributed by atoms with E-state index in [2.05, 4.69) is 15.5 Å². The van der Waals surface area contributed by atoms with Gasteiger partial charge < -0.3 is 14.3 Å². The maximum absolute atomic E-state index is 13.9. The normalized spacial score (nSPS) is 16.9. The summed E-state index contributed by atoms with van der Waals surface area (Å²) < 4.78 is 24.7. The van der Waals surface area contributed by atoms with E-state index in [4.69, 9.17) is 8.94 Å². The molecule has 1 saturated carbocycles. The second kappa shape index (κ2) is 5.98. The number of nitrogens with zero attached hydrogens (tertiary/aromatic N) is 2. The number of halogens is 1. The number of aromatic nitrogens is 2. The Hall–Kier alpha value is -2.70. The molecule has 0 atom stereocenters. The number of carbonyl (C=O) groups excluding carboxylic acids is 1. The highest BCUT2D eigenvalue weighted by molar-refractivity contribution is 5.90. The van der Waals surface area contributed by atoms with Crippen LogP contribution in [0.1, 0.15) is 44.9 Å². The lowest BCUT2D eigenvalue weighted by Crippen LogP contribution is -2.47. The first kappa shape index (κ1) is 15.8. The van der Waals surface area contributed by atoms with Crippen LogP contribution in [0.4, 0.5) is 4.39 Å². The van der Waals surface area contributed by atoms with Crippen LogP contribution in [0.25, 0.3) is 22.4 Å². The Bertz CT molecular complexity index is 925. The van der Waals surface area contributed by atoms with E-state index in [9.17, 15) is 9.18 Å². The highest BCUT2D eigenvalue weighted by Crippen LogP contribution is 2.37. The van der Waals surface area contributed by atoms with Gasteiger partial charge in [0.1, 0.15) is 16.9 Å². The molecule has 0 spiro atoms.